The molecule has 0 aliphatic carbocycles. The van der Waals surface area contributed by atoms with Crippen molar-refractivity contribution < 1.29 is 13.7 Å². The molecule has 1 N–H and O–H groups in total. The quantitative estimate of drug-likeness (QED) is 0.784. The van der Waals surface area contributed by atoms with E-state index >= 15 is 0 Å². The Hall–Kier alpha value is -3.03. The largest absolute Gasteiger partial charge is 0.356 e. The predicted octanol–water partition coefficient (Wildman–Crippen LogP) is 2.29. The van der Waals surface area contributed by atoms with Crippen LogP contribution >= 0.6 is 0 Å². The molecule has 0 radical (unpaired) electrons. The van der Waals surface area contributed by atoms with E-state index in [2.05, 4.69) is 25.3 Å². The van der Waals surface area contributed by atoms with Crippen LogP contribution in [-0.2, 0) is 6.54 Å². The van der Waals surface area contributed by atoms with Crippen LogP contribution in [-0.4, -0.2) is 34.1 Å². The number of halogens is 1. The molecule has 1 aromatic carbocycles. The average molecular weight is 341 g/mol. The molecule has 7 nitrogen and oxygen atoms in total. The van der Waals surface area contributed by atoms with Crippen molar-refractivity contribution in [2.45, 2.75) is 19.4 Å². The number of carbonyl (C=O) groups is 1. The van der Waals surface area contributed by atoms with Crippen molar-refractivity contribution >= 4 is 22.8 Å². The molecule has 8 heteroatoms. The number of carbonyl (C=O) groups excluding carboxylic acids is 1. The molecule has 128 valence electrons. The van der Waals surface area contributed by atoms with E-state index in [1.807, 2.05) is 0 Å². The highest BCUT2D eigenvalue weighted by atomic mass is 19.1. The Morgan fingerprint density at radius 2 is 1.96 bits per heavy atom. The van der Waals surface area contributed by atoms with Crippen LogP contribution in [0.25, 0.3) is 11.1 Å². The molecular formula is C17H16FN5O2. The van der Waals surface area contributed by atoms with Gasteiger partial charge in [0.2, 0.25) is 0 Å². The maximum absolute atomic E-state index is 12.9. The van der Waals surface area contributed by atoms with Crippen LogP contribution in [0, 0.1) is 5.82 Å². The molecule has 1 aliphatic heterocycles. The number of hydrogen-bond donors (Lipinski definition) is 1. The van der Waals surface area contributed by atoms with Gasteiger partial charge in [-0.05, 0) is 30.5 Å². The number of hydrogen-bond acceptors (Lipinski definition) is 6. The second kappa shape index (κ2) is 6.46. The zero-order valence-corrected chi connectivity index (χ0v) is 13.4. The fourth-order valence-corrected chi connectivity index (χ4v) is 2.96. The van der Waals surface area contributed by atoms with E-state index in [9.17, 15) is 9.18 Å². The van der Waals surface area contributed by atoms with Crippen LogP contribution in [0.4, 0.5) is 10.2 Å². The van der Waals surface area contributed by atoms with E-state index < -0.39 is 0 Å². The zero-order valence-electron chi connectivity index (χ0n) is 13.4. The van der Waals surface area contributed by atoms with Crippen molar-refractivity contribution in [1.29, 1.82) is 0 Å². The lowest BCUT2D eigenvalue weighted by molar-refractivity contribution is 0.0943. The molecule has 0 spiro atoms. The molecule has 1 saturated heterocycles. The fourth-order valence-electron chi connectivity index (χ4n) is 2.96. The van der Waals surface area contributed by atoms with Crippen LogP contribution in [0.15, 0.2) is 35.1 Å². The molecular weight excluding hydrogens is 325 g/mol. The molecule has 25 heavy (non-hydrogen) atoms. The first kappa shape index (κ1) is 15.5. The Morgan fingerprint density at radius 3 is 2.72 bits per heavy atom. The smallest absolute Gasteiger partial charge is 0.274 e. The van der Waals surface area contributed by atoms with Gasteiger partial charge in [-0.2, -0.15) is 4.98 Å². The summed E-state index contributed by atoms with van der Waals surface area (Å²) in [6.07, 6.45) is 3.59. The molecule has 2 aromatic heterocycles. The lowest BCUT2D eigenvalue weighted by atomic mass is 10.2. The number of nitrogens with one attached hydrogen (secondary N) is 1. The van der Waals surface area contributed by atoms with Crippen molar-refractivity contribution in [3.05, 3.63) is 47.7 Å². The number of nitrogens with zero attached hydrogens (tertiary/aromatic N) is 4. The number of anilines is 1. The first-order valence-corrected chi connectivity index (χ1v) is 8.10. The maximum Gasteiger partial charge on any atom is 0.274 e. The summed E-state index contributed by atoms with van der Waals surface area (Å²) >= 11 is 0. The highest BCUT2D eigenvalue weighted by molar-refractivity contribution is 6.07. The maximum atomic E-state index is 12.9. The summed E-state index contributed by atoms with van der Waals surface area (Å²) in [6.45, 7) is 2.03. The summed E-state index contributed by atoms with van der Waals surface area (Å²) in [5.74, 6) is -0.0148. The molecule has 0 atom stereocenters. The summed E-state index contributed by atoms with van der Waals surface area (Å²) in [7, 11) is 0. The first-order chi connectivity index (χ1) is 12.2. The molecule has 4 rings (SSSR count). The molecule has 3 heterocycles. The first-order valence-electron chi connectivity index (χ1n) is 8.10. The Kier molecular flexibility index (Phi) is 4.01. The van der Waals surface area contributed by atoms with Gasteiger partial charge in [-0.15, -0.1) is 0 Å². The highest BCUT2D eigenvalue weighted by Gasteiger charge is 2.25. The van der Waals surface area contributed by atoms with Crippen molar-refractivity contribution in [2.24, 2.45) is 0 Å². The van der Waals surface area contributed by atoms with Gasteiger partial charge in [0.15, 0.2) is 5.69 Å². The number of amides is 1. The Morgan fingerprint density at radius 1 is 1.20 bits per heavy atom. The summed E-state index contributed by atoms with van der Waals surface area (Å²) < 4.78 is 18.1. The third kappa shape index (κ3) is 3.02. The SMILES string of the molecule is O=C(NCc1ccc(F)cc1)c1noc2ncnc(N3CCCC3)c12. The van der Waals surface area contributed by atoms with Gasteiger partial charge < -0.3 is 14.7 Å². The lowest BCUT2D eigenvalue weighted by Crippen LogP contribution is -2.24. The van der Waals surface area contributed by atoms with E-state index in [1.54, 1.807) is 12.1 Å². The minimum absolute atomic E-state index is 0.166. The van der Waals surface area contributed by atoms with Crippen LogP contribution in [0.5, 0.6) is 0 Å². The fraction of sp³-hybridized carbons (Fsp3) is 0.294. The van der Waals surface area contributed by atoms with Gasteiger partial charge in [-0.3, -0.25) is 4.79 Å². The van der Waals surface area contributed by atoms with Crippen LogP contribution < -0.4 is 10.2 Å². The molecule has 0 saturated carbocycles. The Labute approximate surface area is 142 Å². The normalized spacial score (nSPS) is 14.2. The van der Waals surface area contributed by atoms with E-state index in [1.165, 1.54) is 18.5 Å². The monoisotopic (exact) mass is 341 g/mol. The van der Waals surface area contributed by atoms with Crippen molar-refractivity contribution in [3.63, 3.8) is 0 Å². The standard InChI is InChI=1S/C17H16FN5O2/c18-12-5-3-11(4-6-12)9-19-16(24)14-13-15(23-7-1-2-8-23)20-10-21-17(13)25-22-14/h3-6,10H,1-2,7-9H2,(H,19,24). The average Bonchev–Trinajstić information content (AvgIpc) is 3.30. The summed E-state index contributed by atoms with van der Waals surface area (Å²) in [6, 6.07) is 5.95. The lowest BCUT2D eigenvalue weighted by Gasteiger charge is -2.16. The van der Waals surface area contributed by atoms with Crippen LogP contribution in [0.1, 0.15) is 28.9 Å². The van der Waals surface area contributed by atoms with E-state index in [4.69, 9.17) is 4.52 Å². The van der Waals surface area contributed by atoms with Crippen molar-refractivity contribution in [1.82, 2.24) is 20.4 Å². The molecule has 3 aromatic rings. The van der Waals surface area contributed by atoms with Crippen LogP contribution in [0.3, 0.4) is 0 Å². The summed E-state index contributed by atoms with van der Waals surface area (Å²) in [5, 5.41) is 7.18. The number of aromatic nitrogens is 3. The second-order valence-electron chi connectivity index (χ2n) is 5.91. The third-order valence-corrected chi connectivity index (χ3v) is 4.24. The van der Waals surface area contributed by atoms with E-state index in [-0.39, 0.29) is 24.0 Å². The molecule has 1 amide bonds. The Bertz CT molecular complexity index is 903. The third-order valence-electron chi connectivity index (χ3n) is 4.24. The zero-order chi connectivity index (χ0) is 17.2. The predicted molar refractivity (Wildman–Crippen MR) is 88.6 cm³/mol. The van der Waals surface area contributed by atoms with Gasteiger partial charge >= 0.3 is 0 Å². The van der Waals surface area contributed by atoms with Gasteiger partial charge in [0.05, 0.1) is 0 Å². The Balaban J connectivity index is 1.59. The molecule has 1 fully saturated rings. The van der Waals surface area contributed by atoms with E-state index in [0.29, 0.717) is 16.9 Å². The second-order valence-corrected chi connectivity index (χ2v) is 5.91. The van der Waals surface area contributed by atoms with Gasteiger partial charge in [-0.1, -0.05) is 17.3 Å². The van der Waals surface area contributed by atoms with Gasteiger partial charge in [0.1, 0.15) is 23.3 Å². The van der Waals surface area contributed by atoms with E-state index in [0.717, 1.165) is 31.5 Å². The topological polar surface area (TPSA) is 84.2 Å². The molecule has 1 aliphatic rings. The van der Waals surface area contributed by atoms with Gasteiger partial charge in [-0.25, -0.2) is 9.37 Å². The minimum Gasteiger partial charge on any atom is -0.356 e. The number of rotatable bonds is 4. The number of benzene rings is 1. The van der Waals surface area contributed by atoms with Crippen LogP contribution in [0.2, 0.25) is 0 Å². The van der Waals surface area contributed by atoms with Gasteiger partial charge in [0, 0.05) is 19.6 Å². The molecule has 0 unspecified atom stereocenters. The highest BCUT2D eigenvalue weighted by Crippen LogP contribution is 2.28. The minimum atomic E-state index is -0.377. The van der Waals surface area contributed by atoms with Crippen molar-refractivity contribution in [3.8, 4) is 0 Å². The summed E-state index contributed by atoms with van der Waals surface area (Å²) in [4.78, 5) is 23.0. The van der Waals surface area contributed by atoms with Crippen molar-refractivity contribution in [2.75, 3.05) is 18.0 Å². The number of fused-ring (bicyclic) bond motifs is 1. The van der Waals surface area contributed by atoms with Gasteiger partial charge in [0.25, 0.3) is 11.6 Å². The molecule has 0 bridgehead atoms. The summed E-state index contributed by atoms with van der Waals surface area (Å²) in [5.41, 5.74) is 1.25.